The average molecular weight is 617 g/mol. The molecule has 4 aromatic rings. The average Bonchev–Trinajstić information content (AvgIpc) is 3.07. The molecule has 2 atom stereocenters. The topological polar surface area (TPSA) is 109 Å². The number of hydrazine groups is 1. The van der Waals surface area contributed by atoms with E-state index < -0.39 is 12.2 Å². The zero-order chi connectivity index (χ0) is 32.0. The van der Waals surface area contributed by atoms with Crippen LogP contribution in [0.3, 0.4) is 0 Å². The van der Waals surface area contributed by atoms with Crippen molar-refractivity contribution in [2.75, 3.05) is 19.6 Å². The summed E-state index contributed by atoms with van der Waals surface area (Å²) in [7, 11) is 0. The lowest BCUT2D eigenvalue weighted by Crippen LogP contribution is -2.76. The van der Waals surface area contributed by atoms with Gasteiger partial charge in [0.15, 0.2) is 0 Å². The molecule has 0 aliphatic carbocycles. The summed E-state index contributed by atoms with van der Waals surface area (Å²) in [5.74, 6) is -0.331. The highest BCUT2D eigenvalue weighted by atomic mass is 16.3. The van der Waals surface area contributed by atoms with Gasteiger partial charge in [-0.2, -0.15) is 0 Å². The molecular weight excluding hydrogens is 580 g/mol. The van der Waals surface area contributed by atoms with Crippen LogP contribution in [0.5, 0.6) is 5.75 Å². The van der Waals surface area contributed by atoms with Crippen LogP contribution in [-0.4, -0.2) is 79.6 Å². The van der Waals surface area contributed by atoms with Gasteiger partial charge in [0.2, 0.25) is 11.8 Å². The van der Waals surface area contributed by atoms with Gasteiger partial charge in [-0.05, 0) is 52.1 Å². The van der Waals surface area contributed by atoms with Crippen LogP contribution in [0.1, 0.15) is 16.7 Å². The van der Waals surface area contributed by atoms with Crippen molar-refractivity contribution in [1.82, 2.24) is 30.1 Å². The molecule has 0 bridgehead atoms. The van der Waals surface area contributed by atoms with Crippen molar-refractivity contribution in [3.8, 4) is 16.9 Å². The molecule has 2 fully saturated rings. The van der Waals surface area contributed by atoms with Gasteiger partial charge in [-0.1, -0.05) is 72.8 Å². The number of benzene rings is 3. The summed E-state index contributed by atoms with van der Waals surface area (Å²) < 4.78 is 0. The van der Waals surface area contributed by atoms with Crippen LogP contribution in [0.15, 0.2) is 116 Å². The summed E-state index contributed by atoms with van der Waals surface area (Å²) in [4.78, 5) is 49.5. The zero-order valence-electron chi connectivity index (χ0n) is 25.4. The molecule has 1 aromatic heterocycles. The molecule has 2 aliphatic rings. The number of amides is 4. The number of fused-ring (bicyclic) bond motifs is 1. The van der Waals surface area contributed by atoms with Gasteiger partial charge in [-0.3, -0.25) is 14.6 Å². The van der Waals surface area contributed by atoms with Crippen LogP contribution in [0.4, 0.5) is 4.79 Å². The van der Waals surface area contributed by atoms with Crippen molar-refractivity contribution in [3.63, 3.8) is 0 Å². The first-order chi connectivity index (χ1) is 22.4. The zero-order valence-corrected chi connectivity index (χ0v) is 25.4. The molecule has 0 radical (unpaired) electrons. The number of nitrogens with zero attached hydrogens (tertiary/aromatic N) is 5. The molecular formula is C36H36N6O4. The van der Waals surface area contributed by atoms with E-state index in [4.69, 9.17) is 0 Å². The van der Waals surface area contributed by atoms with Crippen LogP contribution < -0.4 is 5.32 Å². The van der Waals surface area contributed by atoms with Crippen LogP contribution in [0, 0.1) is 0 Å². The van der Waals surface area contributed by atoms with Crippen LogP contribution >= 0.6 is 0 Å². The summed E-state index contributed by atoms with van der Waals surface area (Å²) in [6.45, 7) is 4.77. The summed E-state index contributed by atoms with van der Waals surface area (Å²) in [6, 6.07) is 26.8. The van der Waals surface area contributed by atoms with Gasteiger partial charge in [0.05, 0.1) is 13.1 Å². The van der Waals surface area contributed by atoms with E-state index in [1.54, 1.807) is 62.6 Å². The summed E-state index contributed by atoms with van der Waals surface area (Å²) >= 11 is 0. The Morgan fingerprint density at radius 3 is 2.43 bits per heavy atom. The number of nitrogens with one attached hydrogen (secondary N) is 1. The number of urea groups is 1. The number of phenolic OH excluding ortho intramolecular Hbond substituents is 1. The molecule has 3 aromatic carbocycles. The normalized spacial score (nSPS) is 18.3. The van der Waals surface area contributed by atoms with Crippen molar-refractivity contribution < 1.29 is 19.5 Å². The summed E-state index contributed by atoms with van der Waals surface area (Å²) in [6.07, 6.45) is 4.66. The summed E-state index contributed by atoms with van der Waals surface area (Å²) in [5, 5.41) is 16.1. The van der Waals surface area contributed by atoms with Crippen molar-refractivity contribution >= 4 is 17.8 Å². The van der Waals surface area contributed by atoms with E-state index in [0.717, 1.165) is 27.8 Å². The van der Waals surface area contributed by atoms with Crippen molar-refractivity contribution in [2.45, 2.75) is 31.7 Å². The van der Waals surface area contributed by atoms with E-state index in [2.05, 4.69) is 16.9 Å². The fraction of sp³-hybridized carbons (Fsp3) is 0.222. The van der Waals surface area contributed by atoms with Gasteiger partial charge < -0.3 is 20.2 Å². The third kappa shape index (κ3) is 6.62. The molecule has 0 unspecified atom stereocenters. The molecule has 234 valence electrons. The Labute approximate surface area is 268 Å². The largest absolute Gasteiger partial charge is 0.508 e. The quantitative estimate of drug-likeness (QED) is 0.273. The minimum Gasteiger partial charge on any atom is -0.508 e. The van der Waals surface area contributed by atoms with Gasteiger partial charge in [-0.25, -0.2) is 14.8 Å². The first kappa shape index (κ1) is 30.5. The Hall–Kier alpha value is -5.48. The Kier molecular flexibility index (Phi) is 9.07. The number of aromatic hydroxyl groups is 1. The first-order valence-corrected chi connectivity index (χ1v) is 15.2. The van der Waals surface area contributed by atoms with Gasteiger partial charge in [-0.15, -0.1) is 6.58 Å². The third-order valence-electron chi connectivity index (χ3n) is 8.33. The van der Waals surface area contributed by atoms with E-state index in [1.807, 2.05) is 66.7 Å². The van der Waals surface area contributed by atoms with E-state index in [0.29, 0.717) is 13.1 Å². The van der Waals surface area contributed by atoms with Gasteiger partial charge in [0.1, 0.15) is 18.0 Å². The van der Waals surface area contributed by atoms with Crippen LogP contribution in [0.2, 0.25) is 0 Å². The maximum atomic E-state index is 14.3. The number of hydrogen-bond donors (Lipinski definition) is 2. The minimum absolute atomic E-state index is 0.0756. The molecule has 10 heteroatoms. The number of carbonyl (C=O) groups excluding carboxylic acids is 3. The molecule has 2 saturated heterocycles. The number of rotatable bonds is 9. The number of phenols is 1. The van der Waals surface area contributed by atoms with E-state index in [-0.39, 0.29) is 49.7 Å². The van der Waals surface area contributed by atoms with Gasteiger partial charge in [0.25, 0.3) is 0 Å². The minimum atomic E-state index is -0.854. The number of hydrogen-bond acceptors (Lipinski definition) is 6. The van der Waals surface area contributed by atoms with Crippen LogP contribution in [-0.2, 0) is 29.1 Å². The number of aromatic nitrogens is 1. The lowest BCUT2D eigenvalue weighted by atomic mass is 9.98. The van der Waals surface area contributed by atoms with Crippen molar-refractivity contribution in [1.29, 1.82) is 0 Å². The Balaban J connectivity index is 1.34. The fourth-order valence-electron chi connectivity index (χ4n) is 6.16. The van der Waals surface area contributed by atoms with Crippen LogP contribution in [0.25, 0.3) is 11.1 Å². The first-order valence-electron chi connectivity index (χ1n) is 15.2. The molecule has 10 nitrogen and oxygen atoms in total. The van der Waals surface area contributed by atoms with Gasteiger partial charge >= 0.3 is 6.03 Å². The molecule has 2 N–H and O–H groups in total. The fourth-order valence-corrected chi connectivity index (χ4v) is 6.16. The van der Waals surface area contributed by atoms with Gasteiger partial charge in [0, 0.05) is 38.4 Å². The number of pyridine rings is 1. The molecule has 3 heterocycles. The molecule has 6 rings (SSSR count). The van der Waals surface area contributed by atoms with E-state index in [1.165, 1.54) is 0 Å². The Bertz CT molecular complexity index is 1700. The third-order valence-corrected chi connectivity index (χ3v) is 8.33. The molecule has 4 amide bonds. The second-order valence-electron chi connectivity index (χ2n) is 11.5. The van der Waals surface area contributed by atoms with E-state index >= 15 is 0 Å². The molecule has 0 saturated carbocycles. The molecule has 46 heavy (non-hydrogen) atoms. The SMILES string of the molecule is C=CCN1CC(=O)N2[C@@H](Cc3ccc(O)cc3)C(=O)N(Cc3cccc(-c4cccnc4)c3)C[C@@H]2N1C(=O)NCc1ccccc1. The maximum Gasteiger partial charge on any atom is 0.334 e. The Morgan fingerprint density at radius 1 is 0.935 bits per heavy atom. The maximum absolute atomic E-state index is 14.3. The van der Waals surface area contributed by atoms with Crippen molar-refractivity contribution in [2.24, 2.45) is 0 Å². The van der Waals surface area contributed by atoms with Crippen molar-refractivity contribution in [3.05, 3.63) is 133 Å². The predicted octanol–water partition coefficient (Wildman–Crippen LogP) is 4.19. The Morgan fingerprint density at radius 2 is 1.70 bits per heavy atom. The lowest BCUT2D eigenvalue weighted by molar-refractivity contribution is -0.189. The molecule has 0 spiro atoms. The highest BCUT2D eigenvalue weighted by molar-refractivity contribution is 5.91. The second-order valence-corrected chi connectivity index (χ2v) is 11.5. The van der Waals surface area contributed by atoms with E-state index in [9.17, 15) is 19.5 Å². The molecule has 2 aliphatic heterocycles. The smallest absolute Gasteiger partial charge is 0.334 e. The number of carbonyl (C=O) groups is 3. The highest BCUT2D eigenvalue weighted by Gasteiger charge is 2.51. The predicted molar refractivity (Wildman–Crippen MR) is 174 cm³/mol. The number of piperazine rings is 1. The highest BCUT2D eigenvalue weighted by Crippen LogP contribution is 2.30. The second kappa shape index (κ2) is 13.7. The monoisotopic (exact) mass is 616 g/mol. The standard InChI is InChI=1S/C36H36N6O4/c1-2-18-40-25-34(44)41-32(20-26-13-15-31(43)16-14-26)35(45)39(23-28-10-6-11-29(19-28)30-12-7-17-37-22-30)24-33(41)42(40)36(46)38-21-27-8-4-3-5-9-27/h2-17,19,22,32-33,43H,1,18,20-21,23-25H2,(H,38,46)/t32-,33-/m0/s1. The summed E-state index contributed by atoms with van der Waals surface area (Å²) in [5.41, 5.74) is 4.58. The lowest BCUT2D eigenvalue weighted by Gasteiger charge is -2.55.